The topological polar surface area (TPSA) is 113 Å². The lowest BCUT2D eigenvalue weighted by Crippen LogP contribution is -2.28. The summed E-state index contributed by atoms with van der Waals surface area (Å²) in [6.45, 7) is 0.600. The number of nitrogens with two attached hydrogens (primary N) is 1. The quantitative estimate of drug-likeness (QED) is 0.736. The number of nitrogens with zero attached hydrogens (tertiary/aromatic N) is 2. The van der Waals surface area contributed by atoms with Crippen LogP contribution in [0.15, 0.2) is 24.3 Å². The normalized spacial score (nSPS) is 18.2. The van der Waals surface area contributed by atoms with Gasteiger partial charge in [0.1, 0.15) is 0 Å². The third-order valence-corrected chi connectivity index (χ3v) is 4.53. The van der Waals surface area contributed by atoms with Crippen LogP contribution in [-0.2, 0) is 19.6 Å². The molecule has 1 heterocycles. The van der Waals surface area contributed by atoms with Crippen molar-refractivity contribution >= 4 is 33.2 Å². The Kier molecular flexibility index (Phi) is 5.58. The monoisotopic (exact) mass is 354 g/mol. The molecule has 1 aromatic carbocycles. The van der Waals surface area contributed by atoms with Gasteiger partial charge in [0, 0.05) is 30.3 Å². The predicted octanol–water partition coefficient (Wildman–Crippen LogP) is -0.172. The first kappa shape index (κ1) is 18.4. The maximum Gasteiger partial charge on any atom is 0.238 e. The summed E-state index contributed by atoms with van der Waals surface area (Å²) < 4.78 is 22.3. The van der Waals surface area contributed by atoms with E-state index < -0.39 is 10.0 Å². The average Bonchev–Trinajstić information content (AvgIpc) is 2.77. The first-order valence-corrected chi connectivity index (χ1v) is 9.21. The SMILES string of the molecule is CN(C)CC(=O)Nc1ccc(N2CC(CS(N)(=O)=O)CC2=O)cc1. The highest BCUT2D eigenvalue weighted by Crippen LogP contribution is 2.26. The molecule has 132 valence electrons. The van der Waals surface area contributed by atoms with Gasteiger partial charge in [-0.2, -0.15) is 0 Å². The summed E-state index contributed by atoms with van der Waals surface area (Å²) in [5.74, 6) is -0.758. The maximum atomic E-state index is 12.1. The van der Waals surface area contributed by atoms with Gasteiger partial charge in [-0.15, -0.1) is 0 Å². The fourth-order valence-electron chi connectivity index (χ4n) is 2.68. The Morgan fingerprint density at radius 2 is 1.96 bits per heavy atom. The van der Waals surface area contributed by atoms with E-state index in [2.05, 4.69) is 5.32 Å². The van der Waals surface area contributed by atoms with Crippen LogP contribution in [0.5, 0.6) is 0 Å². The molecule has 8 nitrogen and oxygen atoms in total. The summed E-state index contributed by atoms with van der Waals surface area (Å²) >= 11 is 0. The van der Waals surface area contributed by atoms with Gasteiger partial charge >= 0.3 is 0 Å². The molecule has 2 amide bonds. The van der Waals surface area contributed by atoms with Crippen LogP contribution in [-0.4, -0.2) is 58.1 Å². The zero-order chi connectivity index (χ0) is 17.9. The van der Waals surface area contributed by atoms with Gasteiger partial charge < -0.3 is 15.1 Å². The lowest BCUT2D eigenvalue weighted by Gasteiger charge is -2.17. The Hall–Kier alpha value is -1.97. The number of amides is 2. The lowest BCUT2D eigenvalue weighted by atomic mass is 10.1. The number of nitrogens with one attached hydrogen (secondary N) is 1. The van der Waals surface area contributed by atoms with Crippen LogP contribution in [0.1, 0.15) is 6.42 Å². The van der Waals surface area contributed by atoms with Crippen LogP contribution in [0.4, 0.5) is 11.4 Å². The molecule has 1 aromatic rings. The Balaban J connectivity index is 2.00. The maximum absolute atomic E-state index is 12.1. The van der Waals surface area contributed by atoms with Crippen molar-refractivity contribution in [2.24, 2.45) is 11.1 Å². The van der Waals surface area contributed by atoms with E-state index in [-0.39, 0.29) is 36.5 Å². The number of hydrogen-bond donors (Lipinski definition) is 2. The minimum atomic E-state index is -3.60. The second-order valence-electron chi connectivity index (χ2n) is 6.24. The van der Waals surface area contributed by atoms with E-state index in [0.29, 0.717) is 17.9 Å². The molecule has 2 rings (SSSR count). The standard InChI is InChI=1S/C15H22N4O4S/c1-18(2)9-14(20)17-12-3-5-13(6-4-12)19-8-11(7-15(19)21)10-24(16,22)23/h3-6,11H,7-10H2,1-2H3,(H,17,20)(H2,16,22,23). The number of rotatable bonds is 6. The first-order chi connectivity index (χ1) is 11.1. The van der Waals surface area contributed by atoms with Gasteiger partial charge in [-0.3, -0.25) is 9.59 Å². The number of primary sulfonamides is 1. The smallest absolute Gasteiger partial charge is 0.238 e. The molecule has 1 aliphatic rings. The molecular weight excluding hydrogens is 332 g/mol. The Bertz CT molecular complexity index is 715. The molecule has 1 atom stereocenters. The molecule has 0 saturated carbocycles. The van der Waals surface area contributed by atoms with Gasteiger partial charge in [0.2, 0.25) is 21.8 Å². The van der Waals surface area contributed by atoms with Crippen LogP contribution >= 0.6 is 0 Å². The van der Waals surface area contributed by atoms with Crippen molar-refractivity contribution < 1.29 is 18.0 Å². The highest BCUT2D eigenvalue weighted by atomic mass is 32.2. The second kappa shape index (κ2) is 7.29. The van der Waals surface area contributed by atoms with E-state index in [1.54, 1.807) is 48.2 Å². The molecule has 0 radical (unpaired) electrons. The molecule has 0 aliphatic carbocycles. The van der Waals surface area contributed by atoms with E-state index in [1.807, 2.05) is 0 Å². The molecule has 3 N–H and O–H groups in total. The third kappa shape index (κ3) is 5.29. The number of carbonyl (C=O) groups excluding carboxylic acids is 2. The fraction of sp³-hybridized carbons (Fsp3) is 0.467. The number of hydrogen-bond acceptors (Lipinski definition) is 5. The summed E-state index contributed by atoms with van der Waals surface area (Å²) in [6.07, 6.45) is 0.164. The van der Waals surface area contributed by atoms with Crippen molar-refractivity contribution in [3.05, 3.63) is 24.3 Å². The predicted molar refractivity (Wildman–Crippen MR) is 92.1 cm³/mol. The van der Waals surface area contributed by atoms with E-state index in [4.69, 9.17) is 5.14 Å². The highest BCUT2D eigenvalue weighted by Gasteiger charge is 2.32. The van der Waals surface area contributed by atoms with E-state index >= 15 is 0 Å². The van der Waals surface area contributed by atoms with E-state index in [0.717, 1.165) is 0 Å². The lowest BCUT2D eigenvalue weighted by molar-refractivity contribution is -0.117. The molecule has 1 unspecified atom stereocenters. The van der Waals surface area contributed by atoms with Gasteiger partial charge in [-0.05, 0) is 38.4 Å². The molecule has 24 heavy (non-hydrogen) atoms. The Morgan fingerprint density at radius 3 is 2.50 bits per heavy atom. The van der Waals surface area contributed by atoms with Crippen LogP contribution < -0.4 is 15.4 Å². The van der Waals surface area contributed by atoms with Gasteiger partial charge in [0.25, 0.3) is 0 Å². The number of anilines is 2. The Labute approximate surface area is 141 Å². The summed E-state index contributed by atoms with van der Waals surface area (Å²) in [5, 5.41) is 7.81. The molecule has 1 fully saturated rings. The van der Waals surface area contributed by atoms with Crippen LogP contribution in [0, 0.1) is 5.92 Å². The summed E-state index contributed by atoms with van der Waals surface area (Å²) in [6, 6.07) is 6.87. The number of benzene rings is 1. The Morgan fingerprint density at radius 1 is 1.33 bits per heavy atom. The zero-order valence-electron chi connectivity index (χ0n) is 13.7. The summed E-state index contributed by atoms with van der Waals surface area (Å²) in [4.78, 5) is 27.1. The van der Waals surface area contributed by atoms with Crippen molar-refractivity contribution in [1.82, 2.24) is 4.90 Å². The third-order valence-electron chi connectivity index (χ3n) is 3.60. The van der Waals surface area contributed by atoms with Crippen molar-refractivity contribution in [3.63, 3.8) is 0 Å². The molecule has 9 heteroatoms. The summed E-state index contributed by atoms with van der Waals surface area (Å²) in [7, 11) is 0.0132. The molecule has 0 aromatic heterocycles. The van der Waals surface area contributed by atoms with Gasteiger partial charge in [-0.1, -0.05) is 0 Å². The number of likely N-dealkylation sites (N-methyl/N-ethyl adjacent to an activating group) is 1. The first-order valence-electron chi connectivity index (χ1n) is 7.49. The summed E-state index contributed by atoms with van der Waals surface area (Å²) in [5.41, 5.74) is 1.31. The molecule has 0 bridgehead atoms. The van der Waals surface area contributed by atoms with Gasteiger partial charge in [0.05, 0.1) is 12.3 Å². The minimum Gasteiger partial charge on any atom is -0.325 e. The molecular formula is C15H22N4O4S. The fourth-order valence-corrected chi connectivity index (χ4v) is 3.56. The van der Waals surface area contributed by atoms with Crippen LogP contribution in [0.25, 0.3) is 0 Å². The van der Waals surface area contributed by atoms with Crippen molar-refractivity contribution in [3.8, 4) is 0 Å². The zero-order valence-corrected chi connectivity index (χ0v) is 14.5. The molecule has 1 saturated heterocycles. The highest BCUT2D eigenvalue weighted by molar-refractivity contribution is 7.89. The number of carbonyl (C=O) groups is 2. The van der Waals surface area contributed by atoms with E-state index in [1.165, 1.54) is 0 Å². The van der Waals surface area contributed by atoms with Crippen molar-refractivity contribution in [1.29, 1.82) is 0 Å². The van der Waals surface area contributed by atoms with E-state index in [9.17, 15) is 18.0 Å². The van der Waals surface area contributed by atoms with Gasteiger partial charge in [-0.25, -0.2) is 13.6 Å². The van der Waals surface area contributed by atoms with Crippen LogP contribution in [0.2, 0.25) is 0 Å². The van der Waals surface area contributed by atoms with Gasteiger partial charge in [0.15, 0.2) is 0 Å². The molecule has 0 spiro atoms. The van der Waals surface area contributed by atoms with Crippen molar-refractivity contribution in [2.45, 2.75) is 6.42 Å². The number of sulfonamides is 1. The largest absolute Gasteiger partial charge is 0.325 e. The average molecular weight is 354 g/mol. The van der Waals surface area contributed by atoms with Crippen LogP contribution in [0.3, 0.4) is 0 Å². The second-order valence-corrected chi connectivity index (χ2v) is 7.90. The molecule has 1 aliphatic heterocycles. The van der Waals surface area contributed by atoms with Crippen molar-refractivity contribution in [2.75, 3.05) is 43.2 Å². The minimum absolute atomic E-state index is 0.127.